The van der Waals surface area contributed by atoms with Gasteiger partial charge in [-0.3, -0.25) is 0 Å². The summed E-state index contributed by atoms with van der Waals surface area (Å²) in [6.45, 7) is 1.93. The number of rotatable bonds is 2. The first-order valence-corrected chi connectivity index (χ1v) is 7.24. The molecule has 20 heavy (non-hydrogen) atoms. The monoisotopic (exact) mass is 267 g/mol. The highest BCUT2D eigenvalue weighted by molar-refractivity contribution is 6.05. The second kappa shape index (κ2) is 4.47. The molecule has 4 rings (SSSR count). The Labute approximate surface area is 117 Å². The van der Waals surface area contributed by atoms with Crippen LogP contribution in [0.5, 0.6) is 0 Å². The van der Waals surface area contributed by atoms with Crippen molar-refractivity contribution in [2.24, 2.45) is 0 Å². The normalized spacial score (nSPS) is 16.2. The third-order valence-electron chi connectivity index (χ3n) is 4.03. The van der Waals surface area contributed by atoms with Crippen LogP contribution in [0.1, 0.15) is 31.5 Å². The van der Waals surface area contributed by atoms with Crippen LogP contribution in [-0.4, -0.2) is 16.0 Å². The van der Waals surface area contributed by atoms with E-state index in [1.54, 1.807) is 0 Å². The summed E-state index contributed by atoms with van der Waals surface area (Å²) >= 11 is 0. The SMILES string of the molecule is Cc1nc(NC2CCCC2)c2oc3ccccc3c2n1. The van der Waals surface area contributed by atoms with E-state index >= 15 is 0 Å². The molecule has 0 saturated heterocycles. The van der Waals surface area contributed by atoms with Crippen LogP contribution < -0.4 is 5.32 Å². The number of hydrogen-bond donors (Lipinski definition) is 1. The second-order valence-electron chi connectivity index (χ2n) is 5.52. The summed E-state index contributed by atoms with van der Waals surface area (Å²) in [7, 11) is 0. The molecule has 0 bridgehead atoms. The van der Waals surface area contributed by atoms with E-state index in [1.165, 1.54) is 25.7 Å². The predicted octanol–water partition coefficient (Wildman–Crippen LogP) is 4.04. The number of nitrogens with zero attached hydrogens (tertiary/aromatic N) is 2. The molecule has 0 radical (unpaired) electrons. The molecule has 1 N–H and O–H groups in total. The number of nitrogens with one attached hydrogen (secondary N) is 1. The molecule has 1 aliphatic rings. The number of anilines is 1. The lowest BCUT2D eigenvalue weighted by molar-refractivity contribution is 0.661. The maximum absolute atomic E-state index is 5.96. The van der Waals surface area contributed by atoms with Gasteiger partial charge in [0.15, 0.2) is 11.4 Å². The number of hydrogen-bond acceptors (Lipinski definition) is 4. The summed E-state index contributed by atoms with van der Waals surface area (Å²) in [6, 6.07) is 8.53. The molecule has 1 aromatic carbocycles. The van der Waals surface area contributed by atoms with Crippen molar-refractivity contribution in [1.29, 1.82) is 0 Å². The van der Waals surface area contributed by atoms with E-state index in [2.05, 4.69) is 15.3 Å². The first-order chi connectivity index (χ1) is 9.81. The molecule has 2 aromatic heterocycles. The molecule has 2 heterocycles. The number of fused-ring (bicyclic) bond motifs is 3. The highest BCUT2D eigenvalue weighted by Crippen LogP contribution is 2.32. The van der Waals surface area contributed by atoms with E-state index in [4.69, 9.17) is 4.42 Å². The van der Waals surface area contributed by atoms with Gasteiger partial charge >= 0.3 is 0 Å². The van der Waals surface area contributed by atoms with Crippen molar-refractivity contribution in [3.05, 3.63) is 30.1 Å². The molecule has 102 valence electrons. The Morgan fingerprint density at radius 1 is 1.15 bits per heavy atom. The lowest BCUT2D eigenvalue weighted by Gasteiger charge is -2.12. The molecule has 0 unspecified atom stereocenters. The van der Waals surface area contributed by atoms with Crippen LogP contribution in [0.4, 0.5) is 5.82 Å². The zero-order valence-corrected chi connectivity index (χ0v) is 11.5. The molecule has 0 atom stereocenters. The van der Waals surface area contributed by atoms with Crippen molar-refractivity contribution in [2.75, 3.05) is 5.32 Å². The Hall–Kier alpha value is -2.10. The van der Waals surface area contributed by atoms with Gasteiger partial charge in [0.05, 0.1) is 0 Å². The van der Waals surface area contributed by atoms with Gasteiger partial charge in [-0.1, -0.05) is 25.0 Å². The molecule has 1 aliphatic carbocycles. The summed E-state index contributed by atoms with van der Waals surface area (Å²) in [4.78, 5) is 9.10. The smallest absolute Gasteiger partial charge is 0.196 e. The largest absolute Gasteiger partial charge is 0.450 e. The van der Waals surface area contributed by atoms with Gasteiger partial charge in [0, 0.05) is 11.4 Å². The predicted molar refractivity (Wildman–Crippen MR) is 79.9 cm³/mol. The minimum absolute atomic E-state index is 0.515. The molecule has 0 amide bonds. The Morgan fingerprint density at radius 3 is 2.80 bits per heavy atom. The van der Waals surface area contributed by atoms with Crippen molar-refractivity contribution < 1.29 is 4.42 Å². The van der Waals surface area contributed by atoms with Crippen molar-refractivity contribution in [3.8, 4) is 0 Å². The number of aryl methyl sites for hydroxylation is 1. The second-order valence-corrected chi connectivity index (χ2v) is 5.52. The van der Waals surface area contributed by atoms with E-state index in [1.807, 2.05) is 31.2 Å². The highest BCUT2D eigenvalue weighted by Gasteiger charge is 2.19. The van der Waals surface area contributed by atoms with Crippen LogP contribution in [0, 0.1) is 6.92 Å². The molecular formula is C16H17N3O. The van der Waals surface area contributed by atoms with Crippen molar-refractivity contribution in [3.63, 3.8) is 0 Å². The Bertz CT molecular complexity index is 772. The molecular weight excluding hydrogens is 250 g/mol. The number of aromatic nitrogens is 2. The van der Waals surface area contributed by atoms with Gasteiger partial charge < -0.3 is 9.73 Å². The van der Waals surface area contributed by atoms with Gasteiger partial charge in [0.1, 0.15) is 16.9 Å². The number of para-hydroxylation sites is 1. The first kappa shape index (κ1) is 11.7. The topological polar surface area (TPSA) is 51.0 Å². The van der Waals surface area contributed by atoms with Crippen molar-refractivity contribution in [2.45, 2.75) is 38.6 Å². The Kier molecular flexibility index (Phi) is 2.62. The van der Waals surface area contributed by atoms with Crippen LogP contribution >= 0.6 is 0 Å². The van der Waals surface area contributed by atoms with Crippen LogP contribution in [0.3, 0.4) is 0 Å². The van der Waals surface area contributed by atoms with E-state index in [0.717, 1.165) is 33.7 Å². The quantitative estimate of drug-likeness (QED) is 0.761. The zero-order valence-electron chi connectivity index (χ0n) is 11.5. The lowest BCUT2D eigenvalue weighted by atomic mass is 10.2. The molecule has 1 fully saturated rings. The molecule has 4 heteroatoms. The van der Waals surface area contributed by atoms with Gasteiger partial charge in [-0.25, -0.2) is 9.97 Å². The van der Waals surface area contributed by atoms with E-state index in [-0.39, 0.29) is 0 Å². The fourth-order valence-electron chi connectivity index (χ4n) is 3.06. The maximum Gasteiger partial charge on any atom is 0.196 e. The van der Waals surface area contributed by atoms with E-state index < -0.39 is 0 Å². The Balaban J connectivity index is 1.90. The average Bonchev–Trinajstić information content (AvgIpc) is 3.06. The van der Waals surface area contributed by atoms with E-state index in [0.29, 0.717) is 6.04 Å². The standard InChI is InChI=1S/C16H17N3O/c1-10-17-14-12-8-4-5-9-13(12)20-15(14)16(18-10)19-11-6-2-3-7-11/h4-5,8-9,11H,2-3,6-7H2,1H3,(H,17,18,19). The van der Waals surface area contributed by atoms with E-state index in [9.17, 15) is 0 Å². The minimum Gasteiger partial charge on any atom is -0.450 e. The molecule has 3 aromatic rings. The van der Waals surface area contributed by atoms with Gasteiger partial charge in [0.2, 0.25) is 0 Å². The highest BCUT2D eigenvalue weighted by atomic mass is 16.3. The van der Waals surface area contributed by atoms with Crippen LogP contribution in [0.25, 0.3) is 22.1 Å². The number of furan rings is 1. The zero-order chi connectivity index (χ0) is 13.5. The summed E-state index contributed by atoms with van der Waals surface area (Å²) in [5, 5.41) is 4.60. The third-order valence-corrected chi connectivity index (χ3v) is 4.03. The molecule has 4 nitrogen and oxygen atoms in total. The lowest BCUT2D eigenvalue weighted by Crippen LogP contribution is -2.16. The maximum atomic E-state index is 5.96. The van der Waals surface area contributed by atoms with Gasteiger partial charge in [-0.05, 0) is 31.9 Å². The van der Waals surface area contributed by atoms with Crippen molar-refractivity contribution >= 4 is 27.9 Å². The molecule has 0 spiro atoms. The fraction of sp³-hybridized carbons (Fsp3) is 0.375. The summed E-state index contributed by atoms with van der Waals surface area (Å²) in [6.07, 6.45) is 5.02. The van der Waals surface area contributed by atoms with Crippen molar-refractivity contribution in [1.82, 2.24) is 9.97 Å². The van der Waals surface area contributed by atoms with Gasteiger partial charge in [-0.2, -0.15) is 0 Å². The van der Waals surface area contributed by atoms with Gasteiger partial charge in [0.25, 0.3) is 0 Å². The van der Waals surface area contributed by atoms with Gasteiger partial charge in [-0.15, -0.1) is 0 Å². The van der Waals surface area contributed by atoms with Crippen LogP contribution in [-0.2, 0) is 0 Å². The molecule has 1 saturated carbocycles. The number of benzene rings is 1. The Morgan fingerprint density at radius 2 is 1.95 bits per heavy atom. The summed E-state index contributed by atoms with van der Waals surface area (Å²) in [5.74, 6) is 1.63. The molecule has 0 aliphatic heterocycles. The first-order valence-electron chi connectivity index (χ1n) is 7.24. The fourth-order valence-corrected chi connectivity index (χ4v) is 3.06. The third kappa shape index (κ3) is 1.83. The van der Waals surface area contributed by atoms with Crippen LogP contribution in [0.2, 0.25) is 0 Å². The summed E-state index contributed by atoms with van der Waals surface area (Å²) < 4.78 is 5.96. The van der Waals surface area contributed by atoms with Crippen LogP contribution in [0.15, 0.2) is 28.7 Å². The summed E-state index contributed by atoms with van der Waals surface area (Å²) in [5.41, 5.74) is 2.56. The average molecular weight is 267 g/mol. The minimum atomic E-state index is 0.515.